The third-order valence-electron chi connectivity index (χ3n) is 1.21. The van der Waals surface area contributed by atoms with Crippen LogP contribution in [0.15, 0.2) is 18.6 Å². The summed E-state index contributed by atoms with van der Waals surface area (Å²) in [5, 5.41) is 2.03. The Hall–Kier alpha value is -1.11. The molecule has 66 valence electrons. The van der Waals surface area contributed by atoms with Gasteiger partial charge in [-0.25, -0.2) is 10.8 Å². The van der Waals surface area contributed by atoms with Crippen LogP contribution in [0.3, 0.4) is 0 Å². The van der Waals surface area contributed by atoms with E-state index in [1.807, 2.05) is 0 Å². The first-order valence-corrected chi connectivity index (χ1v) is 4.16. The number of hydrazine groups is 1. The fraction of sp³-hybridized carbons (Fsp3) is 0.167. The van der Waals surface area contributed by atoms with E-state index in [9.17, 15) is 0 Å². The molecule has 0 amide bonds. The number of rotatable bonds is 3. The van der Waals surface area contributed by atoms with Gasteiger partial charge in [0.15, 0.2) is 0 Å². The van der Waals surface area contributed by atoms with Gasteiger partial charge in [-0.1, -0.05) is 11.3 Å². The molecule has 0 aliphatic rings. The van der Waals surface area contributed by atoms with E-state index < -0.39 is 0 Å². The Morgan fingerprint density at radius 3 is 2.92 bits per heavy atom. The molecule has 0 aliphatic heterocycles. The smallest absolute Gasteiger partial charge is 0.204 e. The lowest BCUT2D eigenvalue weighted by Crippen LogP contribution is -2.24. The van der Waals surface area contributed by atoms with E-state index in [4.69, 9.17) is 17.3 Å². The zero-order valence-corrected chi connectivity index (χ0v) is 7.29. The van der Waals surface area contributed by atoms with Gasteiger partial charge in [-0.05, 0) is 0 Å². The average Bonchev–Trinajstić information content (AvgIpc) is 2.52. The van der Waals surface area contributed by atoms with Crippen molar-refractivity contribution in [2.45, 2.75) is 6.54 Å². The van der Waals surface area contributed by atoms with Gasteiger partial charge in [0.05, 0.1) is 0 Å². The Balaban J connectivity index is 2.74. The number of anilines is 1. The molecule has 1 aromatic rings. The second kappa shape index (κ2) is 4.05. The number of nitrogens with zero attached hydrogens (tertiary/aromatic N) is 2. The van der Waals surface area contributed by atoms with Crippen LogP contribution in [0, 0.1) is 0 Å². The first-order chi connectivity index (χ1) is 5.77. The van der Waals surface area contributed by atoms with Crippen molar-refractivity contribution < 1.29 is 0 Å². The van der Waals surface area contributed by atoms with Crippen molar-refractivity contribution in [2.75, 3.05) is 5.01 Å². The van der Waals surface area contributed by atoms with Crippen molar-refractivity contribution in [3.8, 4) is 0 Å². The third kappa shape index (κ3) is 1.94. The van der Waals surface area contributed by atoms with Crippen molar-refractivity contribution >= 4 is 16.5 Å². The number of aromatic nitrogens is 1. The number of thiazole rings is 1. The highest BCUT2D eigenvalue weighted by atomic mass is 32.1. The van der Waals surface area contributed by atoms with Gasteiger partial charge in [0.2, 0.25) is 5.13 Å². The molecule has 0 spiro atoms. The summed E-state index contributed by atoms with van der Waals surface area (Å²) in [4.78, 5) is 5.03. The Bertz CT molecular complexity index is 269. The molecule has 1 aromatic heterocycles. The summed E-state index contributed by atoms with van der Waals surface area (Å²) in [7, 11) is 0. The average molecular weight is 185 g/mol. The van der Waals surface area contributed by atoms with Gasteiger partial charge >= 0.3 is 0 Å². The van der Waals surface area contributed by atoms with Crippen molar-refractivity contribution in [2.24, 2.45) is 17.3 Å². The number of hydrogen-bond acceptors (Lipinski definition) is 6. The lowest BCUT2D eigenvalue weighted by molar-refractivity contribution is 1.05. The van der Waals surface area contributed by atoms with Gasteiger partial charge in [0.1, 0.15) is 0 Å². The first-order valence-electron chi connectivity index (χ1n) is 3.35. The Labute approximate surface area is 74.4 Å². The molecule has 1 heterocycles. The Morgan fingerprint density at radius 2 is 2.42 bits per heavy atom. The summed E-state index contributed by atoms with van der Waals surface area (Å²) < 4.78 is 0. The van der Waals surface area contributed by atoms with Crippen LogP contribution in [-0.4, -0.2) is 4.98 Å². The normalized spacial score (nSPS) is 10.8. The molecule has 1 rings (SSSR count). The van der Waals surface area contributed by atoms with E-state index >= 15 is 0 Å². The summed E-state index contributed by atoms with van der Waals surface area (Å²) in [5.74, 6) is 5.55. The molecular weight excluding hydrogens is 174 g/mol. The zero-order chi connectivity index (χ0) is 8.97. The van der Waals surface area contributed by atoms with Gasteiger partial charge in [0.25, 0.3) is 0 Å². The topological polar surface area (TPSA) is 94.2 Å². The quantitative estimate of drug-likeness (QED) is 0.444. The minimum atomic E-state index is 0.484. The molecule has 0 radical (unpaired) electrons. The van der Waals surface area contributed by atoms with Crippen LogP contribution < -0.4 is 22.3 Å². The molecule has 0 saturated heterocycles. The van der Waals surface area contributed by atoms with Crippen LogP contribution in [0.5, 0.6) is 0 Å². The molecule has 0 aromatic carbocycles. The number of hydrogen-bond donors (Lipinski definition) is 3. The monoisotopic (exact) mass is 185 g/mol. The van der Waals surface area contributed by atoms with Crippen LogP contribution in [0.2, 0.25) is 0 Å². The van der Waals surface area contributed by atoms with Gasteiger partial charge in [-0.2, -0.15) is 0 Å². The molecule has 0 saturated carbocycles. The highest BCUT2D eigenvalue weighted by Crippen LogP contribution is 2.19. The summed E-state index contributed by atoms with van der Waals surface area (Å²) in [5.41, 5.74) is 10.6. The van der Waals surface area contributed by atoms with Gasteiger partial charge in [-0.3, -0.25) is 5.01 Å². The minimum Gasteiger partial charge on any atom is -0.403 e. The molecule has 0 aliphatic carbocycles. The molecule has 6 N–H and O–H groups in total. The Kier molecular flexibility index (Phi) is 3.03. The summed E-state index contributed by atoms with van der Waals surface area (Å²) in [6.07, 6.45) is 4.58. The lowest BCUT2D eigenvalue weighted by atomic mass is 10.6. The van der Waals surface area contributed by atoms with Gasteiger partial charge < -0.3 is 11.5 Å². The maximum absolute atomic E-state index is 5.55. The fourth-order valence-electron chi connectivity index (χ4n) is 0.667. The van der Waals surface area contributed by atoms with Crippen molar-refractivity contribution in [3.63, 3.8) is 0 Å². The number of nitrogens with two attached hydrogens (primary N) is 3. The maximum Gasteiger partial charge on any atom is 0.204 e. The third-order valence-corrected chi connectivity index (χ3v) is 2.24. The van der Waals surface area contributed by atoms with Crippen molar-refractivity contribution in [1.29, 1.82) is 0 Å². The molecule has 6 heteroatoms. The van der Waals surface area contributed by atoms with Crippen molar-refractivity contribution in [1.82, 2.24) is 4.98 Å². The van der Waals surface area contributed by atoms with Crippen LogP contribution in [0.1, 0.15) is 4.88 Å². The maximum atomic E-state index is 5.55. The molecule has 0 bridgehead atoms. The first kappa shape index (κ1) is 8.98. The molecule has 0 fully saturated rings. The van der Waals surface area contributed by atoms with E-state index in [2.05, 4.69) is 4.98 Å². The summed E-state index contributed by atoms with van der Waals surface area (Å²) >= 11 is 1.44. The van der Waals surface area contributed by atoms with Gasteiger partial charge in [-0.15, -0.1) is 0 Å². The highest BCUT2D eigenvalue weighted by Gasteiger charge is 2.02. The van der Waals surface area contributed by atoms with E-state index in [0.29, 0.717) is 11.7 Å². The molecular formula is C6H11N5S. The minimum absolute atomic E-state index is 0.484. The second-order valence-electron chi connectivity index (χ2n) is 2.06. The standard InChI is InChI=1S/C6H11N5S/c7-1-2-11(9)6-10-4-5(3-8)12-6/h1-2,4H,3,7-9H2/b2-1-. The fourth-order valence-corrected chi connectivity index (χ4v) is 1.36. The Morgan fingerprint density at radius 1 is 1.67 bits per heavy atom. The van der Waals surface area contributed by atoms with Crippen LogP contribution in [0.4, 0.5) is 5.13 Å². The SMILES string of the molecule is N/C=C\N(N)c1ncc(CN)s1. The zero-order valence-electron chi connectivity index (χ0n) is 6.47. The van der Waals surface area contributed by atoms with E-state index in [1.54, 1.807) is 6.20 Å². The summed E-state index contributed by atoms with van der Waals surface area (Å²) in [6.45, 7) is 0.484. The second-order valence-corrected chi connectivity index (χ2v) is 3.16. The van der Waals surface area contributed by atoms with E-state index in [1.165, 1.54) is 28.7 Å². The van der Waals surface area contributed by atoms with Crippen molar-refractivity contribution in [3.05, 3.63) is 23.5 Å². The van der Waals surface area contributed by atoms with Crippen LogP contribution in [-0.2, 0) is 6.54 Å². The predicted molar refractivity (Wildman–Crippen MR) is 50.0 cm³/mol. The lowest BCUT2D eigenvalue weighted by Gasteiger charge is -2.06. The van der Waals surface area contributed by atoms with E-state index in [0.717, 1.165) is 4.88 Å². The largest absolute Gasteiger partial charge is 0.403 e. The molecule has 5 nitrogen and oxygen atoms in total. The van der Waals surface area contributed by atoms with E-state index in [-0.39, 0.29) is 0 Å². The van der Waals surface area contributed by atoms with Crippen LogP contribution >= 0.6 is 11.3 Å². The molecule has 0 atom stereocenters. The highest BCUT2D eigenvalue weighted by molar-refractivity contribution is 7.15. The summed E-state index contributed by atoms with van der Waals surface area (Å²) in [6, 6.07) is 0. The molecule has 12 heavy (non-hydrogen) atoms. The van der Waals surface area contributed by atoms with Gasteiger partial charge in [0, 0.05) is 30.0 Å². The molecule has 0 unspecified atom stereocenters. The van der Waals surface area contributed by atoms with Crippen LogP contribution in [0.25, 0.3) is 0 Å². The predicted octanol–water partition coefficient (Wildman–Crippen LogP) is -0.288.